The summed E-state index contributed by atoms with van der Waals surface area (Å²) in [6.45, 7) is 16.0. The van der Waals surface area contributed by atoms with Gasteiger partial charge >= 0.3 is 0 Å². The molecule has 5 atom stereocenters. The van der Waals surface area contributed by atoms with E-state index in [0.29, 0.717) is 31.7 Å². The molecular formula is C40H57N5O6S. The lowest BCUT2D eigenvalue weighted by atomic mass is 9.81. The van der Waals surface area contributed by atoms with Crippen molar-refractivity contribution in [3.63, 3.8) is 0 Å². The number of ether oxygens (including phenoxy) is 1. The zero-order valence-electron chi connectivity index (χ0n) is 31.7. The lowest BCUT2D eigenvalue weighted by molar-refractivity contribution is -0.144. The van der Waals surface area contributed by atoms with Crippen LogP contribution < -0.4 is 14.8 Å². The number of rotatable bonds is 3. The van der Waals surface area contributed by atoms with E-state index < -0.39 is 56.1 Å². The summed E-state index contributed by atoms with van der Waals surface area (Å²) >= 11 is 0. The zero-order valence-corrected chi connectivity index (χ0v) is 32.6. The molecule has 3 fully saturated rings. The van der Waals surface area contributed by atoms with Gasteiger partial charge in [-0.15, -0.1) is 6.58 Å². The van der Waals surface area contributed by atoms with Crippen molar-refractivity contribution in [1.82, 2.24) is 24.5 Å². The van der Waals surface area contributed by atoms with Crippen LogP contribution in [0.2, 0.25) is 0 Å². The van der Waals surface area contributed by atoms with Gasteiger partial charge < -0.3 is 15.0 Å². The van der Waals surface area contributed by atoms with Gasteiger partial charge in [0.15, 0.2) is 0 Å². The molecule has 4 bridgehead atoms. The first-order valence-electron chi connectivity index (χ1n) is 19.2. The smallest absolute Gasteiger partial charge is 0.297 e. The molecule has 2 aromatic rings. The molecule has 2 saturated carbocycles. The average molecular weight is 736 g/mol. The van der Waals surface area contributed by atoms with Crippen LogP contribution >= 0.6 is 0 Å². The molecule has 1 aromatic carbocycles. The van der Waals surface area contributed by atoms with Crippen LogP contribution in [0.1, 0.15) is 117 Å². The molecule has 3 amide bonds. The van der Waals surface area contributed by atoms with Crippen molar-refractivity contribution in [3.05, 3.63) is 48.6 Å². The summed E-state index contributed by atoms with van der Waals surface area (Å²) < 4.78 is 37.4. The van der Waals surface area contributed by atoms with Gasteiger partial charge in [-0.2, -0.15) is 4.98 Å². The monoisotopic (exact) mass is 735 g/mol. The number of allylic oxidation sites excluding steroid dienone is 2. The third-order valence-corrected chi connectivity index (χ3v) is 14.2. The summed E-state index contributed by atoms with van der Waals surface area (Å²) in [5.74, 6) is -2.31. The number of likely N-dealkylation sites (tertiary alicyclic amines) is 1. The van der Waals surface area contributed by atoms with Crippen LogP contribution in [-0.2, 0) is 30.8 Å². The Kier molecular flexibility index (Phi) is 10.5. The Morgan fingerprint density at radius 1 is 1.08 bits per heavy atom. The number of nitrogens with zero attached hydrogens (tertiary/aromatic N) is 3. The van der Waals surface area contributed by atoms with Crippen molar-refractivity contribution in [1.29, 1.82) is 0 Å². The second kappa shape index (κ2) is 14.3. The van der Waals surface area contributed by atoms with Crippen LogP contribution in [-0.4, -0.2) is 69.6 Å². The van der Waals surface area contributed by atoms with Crippen LogP contribution in [0, 0.1) is 17.3 Å². The molecule has 6 rings (SSSR count). The first-order chi connectivity index (χ1) is 24.5. The summed E-state index contributed by atoms with van der Waals surface area (Å²) in [4.78, 5) is 48.9. The molecule has 11 nitrogen and oxygen atoms in total. The van der Waals surface area contributed by atoms with Gasteiger partial charge in [0, 0.05) is 24.3 Å². The van der Waals surface area contributed by atoms with Crippen molar-refractivity contribution in [3.8, 4) is 6.01 Å². The SMILES string of the molecule is C=C[C@@H]1C[C@@]12NC(=O)[C@@H]1C[C@H](CN1C(=O)[C@@H](C)C(C)(C)C)Oc1nc3c(cccc3n1C(C)C)CCCCCC=CCCC1(CC1)S(=O)(=O)NC2=O. The highest BCUT2D eigenvalue weighted by atomic mass is 32.2. The van der Waals surface area contributed by atoms with E-state index in [1.165, 1.54) is 0 Å². The number of benzene rings is 1. The van der Waals surface area contributed by atoms with Gasteiger partial charge in [-0.05, 0) is 88.7 Å². The lowest BCUT2D eigenvalue weighted by Crippen LogP contribution is -2.57. The number of hydrogen-bond acceptors (Lipinski definition) is 7. The normalized spacial score (nSPS) is 28.7. The van der Waals surface area contributed by atoms with Crippen LogP contribution in [0.4, 0.5) is 0 Å². The maximum atomic E-state index is 14.3. The van der Waals surface area contributed by atoms with Crippen LogP contribution in [0.15, 0.2) is 43.0 Å². The molecule has 2 spiro atoms. The third-order valence-electron chi connectivity index (χ3n) is 12.0. The topological polar surface area (TPSA) is 140 Å². The molecule has 284 valence electrons. The summed E-state index contributed by atoms with van der Waals surface area (Å²) in [6.07, 6.45) is 12.5. The molecule has 3 heterocycles. The zero-order chi connectivity index (χ0) is 37.6. The average Bonchev–Trinajstić information content (AvgIpc) is 3.94. The molecule has 2 aliphatic heterocycles. The van der Waals surface area contributed by atoms with Gasteiger partial charge in [-0.25, -0.2) is 8.42 Å². The van der Waals surface area contributed by atoms with E-state index in [9.17, 15) is 22.8 Å². The van der Waals surface area contributed by atoms with Gasteiger partial charge in [-0.3, -0.25) is 23.7 Å². The van der Waals surface area contributed by atoms with E-state index in [1.807, 2.05) is 27.7 Å². The largest absolute Gasteiger partial charge is 0.459 e. The second-order valence-corrected chi connectivity index (χ2v) is 19.0. The highest BCUT2D eigenvalue weighted by molar-refractivity contribution is 7.91. The number of sulfonamides is 1. The minimum Gasteiger partial charge on any atom is -0.459 e. The number of carbonyl (C=O) groups excluding carboxylic acids is 3. The van der Waals surface area contributed by atoms with E-state index >= 15 is 0 Å². The van der Waals surface area contributed by atoms with Crippen molar-refractivity contribution >= 4 is 38.8 Å². The molecule has 0 unspecified atom stereocenters. The highest BCUT2D eigenvalue weighted by Gasteiger charge is 2.63. The second-order valence-electron chi connectivity index (χ2n) is 16.9. The molecule has 1 aromatic heterocycles. The van der Waals surface area contributed by atoms with E-state index in [0.717, 1.165) is 48.7 Å². The quantitative estimate of drug-likeness (QED) is 0.361. The van der Waals surface area contributed by atoms with Crippen molar-refractivity contribution in [2.24, 2.45) is 17.3 Å². The first kappa shape index (κ1) is 38.1. The highest BCUT2D eigenvalue weighted by Crippen LogP contribution is 2.49. The number of nitrogens with one attached hydrogen (secondary N) is 2. The maximum Gasteiger partial charge on any atom is 0.297 e. The number of para-hydroxylation sites is 1. The molecular weight excluding hydrogens is 679 g/mol. The number of imidazole rings is 1. The summed E-state index contributed by atoms with van der Waals surface area (Å²) in [5, 5.41) is 2.92. The molecule has 12 heteroatoms. The predicted molar refractivity (Wildman–Crippen MR) is 202 cm³/mol. The standard InChI is InChI=1S/C40H57N5O6S/c1-8-29-24-40(29)36(48)43-52(49,50)39(21-22-39)20-15-13-11-9-10-12-14-17-28-18-16-19-31-33(28)41-37(45(31)26(2)3)51-30-23-32(34(46)42-40)44(25-30)35(47)27(4)38(5,6)7/h8,11,13,16,18-19,26-27,29-30,32H,1,9-10,12,14-15,17,20-25H2,2-7H3,(H,42,46)(H,43,48)/t27-,29-,30-,32+,40-/m1/s1. The number of aromatic nitrogens is 2. The van der Waals surface area contributed by atoms with Crippen molar-refractivity contribution < 1.29 is 27.5 Å². The van der Waals surface area contributed by atoms with Crippen molar-refractivity contribution in [2.75, 3.05) is 6.54 Å². The minimum absolute atomic E-state index is 0.0407. The minimum atomic E-state index is -4.01. The summed E-state index contributed by atoms with van der Waals surface area (Å²) in [5.41, 5.74) is 1.21. The van der Waals surface area contributed by atoms with Gasteiger partial charge in [-0.1, -0.05) is 64.5 Å². The number of hydrogen-bond donors (Lipinski definition) is 2. The fraction of sp³-hybridized carbons (Fsp3) is 0.650. The fourth-order valence-electron chi connectivity index (χ4n) is 7.87. The van der Waals surface area contributed by atoms with E-state index in [2.05, 4.69) is 65.4 Å². The maximum absolute atomic E-state index is 14.3. The lowest BCUT2D eigenvalue weighted by Gasteiger charge is -2.33. The Hall–Kier alpha value is -3.67. The number of aryl methyl sites for hydroxylation is 1. The van der Waals surface area contributed by atoms with Crippen LogP contribution in [0.5, 0.6) is 6.01 Å². The molecule has 4 aliphatic rings. The molecule has 0 radical (unpaired) electrons. The molecule has 1 saturated heterocycles. The fourth-order valence-corrected chi connectivity index (χ4v) is 9.54. The third kappa shape index (κ3) is 7.28. The van der Waals surface area contributed by atoms with E-state index in [-0.39, 0.29) is 36.8 Å². The van der Waals surface area contributed by atoms with Gasteiger partial charge in [0.05, 0.1) is 22.3 Å². The predicted octanol–water partition coefficient (Wildman–Crippen LogP) is 6.14. The molecule has 2 N–H and O–H groups in total. The van der Waals surface area contributed by atoms with E-state index in [1.54, 1.807) is 11.0 Å². The molecule has 52 heavy (non-hydrogen) atoms. The Bertz CT molecular complexity index is 1850. The van der Waals surface area contributed by atoms with Gasteiger partial charge in [0.2, 0.25) is 21.8 Å². The van der Waals surface area contributed by atoms with Crippen LogP contribution in [0.25, 0.3) is 11.0 Å². The van der Waals surface area contributed by atoms with Gasteiger partial charge in [0.25, 0.3) is 11.9 Å². The molecule has 2 aliphatic carbocycles. The summed E-state index contributed by atoms with van der Waals surface area (Å²) in [6, 6.07) is 5.80. The number of carbonyl (C=O) groups is 3. The number of amides is 3. The Labute approximate surface area is 309 Å². The Morgan fingerprint density at radius 3 is 2.46 bits per heavy atom. The van der Waals surface area contributed by atoms with Gasteiger partial charge in [0.1, 0.15) is 17.7 Å². The first-order valence-corrected chi connectivity index (χ1v) is 20.7. The summed E-state index contributed by atoms with van der Waals surface area (Å²) in [7, 11) is -4.01. The van der Waals surface area contributed by atoms with Crippen LogP contribution in [0.3, 0.4) is 0 Å². The van der Waals surface area contributed by atoms with Crippen molar-refractivity contribution in [2.45, 2.75) is 141 Å². The Balaban J connectivity index is 1.35. The number of fused-ring (bicyclic) bond motifs is 3. The van der Waals surface area contributed by atoms with E-state index in [4.69, 9.17) is 9.72 Å². The Morgan fingerprint density at radius 2 is 1.81 bits per heavy atom.